The second-order valence-electron chi connectivity index (χ2n) is 5.23. The summed E-state index contributed by atoms with van der Waals surface area (Å²) < 4.78 is 17.9. The quantitative estimate of drug-likeness (QED) is 0.799. The third-order valence-electron chi connectivity index (χ3n) is 3.63. The fraction of sp³-hybridized carbons (Fsp3) is 0.467. The van der Waals surface area contributed by atoms with Crippen LogP contribution < -0.4 is 0 Å². The zero-order valence-corrected chi connectivity index (χ0v) is 12.0. The van der Waals surface area contributed by atoms with Crippen LogP contribution in [0.1, 0.15) is 30.1 Å². The van der Waals surface area contributed by atoms with Gasteiger partial charge in [0.1, 0.15) is 5.82 Å². The second kappa shape index (κ2) is 5.56. The summed E-state index contributed by atoms with van der Waals surface area (Å²) in [7, 11) is 1.38. The van der Waals surface area contributed by atoms with Crippen molar-refractivity contribution in [3.8, 4) is 0 Å². The highest BCUT2D eigenvalue weighted by Crippen LogP contribution is 2.45. The molecule has 1 aromatic carbocycles. The maximum atomic E-state index is 13.0. The van der Waals surface area contributed by atoms with Crippen molar-refractivity contribution in [1.29, 1.82) is 0 Å². The van der Waals surface area contributed by atoms with Crippen molar-refractivity contribution in [2.45, 2.75) is 30.6 Å². The third-order valence-corrected chi connectivity index (χ3v) is 4.96. The van der Waals surface area contributed by atoms with Gasteiger partial charge in [0.15, 0.2) is 6.04 Å². The predicted octanol–water partition coefficient (Wildman–Crippen LogP) is 3.35. The maximum Gasteiger partial charge on any atom is 0.332 e. The zero-order chi connectivity index (χ0) is 14.1. The number of hydrogen-bond acceptors (Lipinski definition) is 4. The predicted molar refractivity (Wildman–Crippen MR) is 77.3 cm³/mol. The van der Waals surface area contributed by atoms with E-state index in [2.05, 4.69) is 4.99 Å². The summed E-state index contributed by atoms with van der Waals surface area (Å²) in [5.41, 5.74) is 0.918. The van der Waals surface area contributed by atoms with E-state index in [4.69, 9.17) is 4.74 Å². The molecule has 1 fully saturated rings. The SMILES string of the molecule is COC(=O)[C@H]1N=C(CC2CC2)S[C@@H]1c1ccc(F)cc1. The minimum Gasteiger partial charge on any atom is -0.467 e. The van der Waals surface area contributed by atoms with Crippen molar-refractivity contribution in [2.24, 2.45) is 10.9 Å². The van der Waals surface area contributed by atoms with E-state index in [9.17, 15) is 9.18 Å². The molecule has 3 nitrogen and oxygen atoms in total. The molecule has 0 bridgehead atoms. The smallest absolute Gasteiger partial charge is 0.332 e. The number of carbonyl (C=O) groups excluding carboxylic acids is 1. The fourth-order valence-electron chi connectivity index (χ4n) is 2.33. The molecule has 1 aliphatic carbocycles. The lowest BCUT2D eigenvalue weighted by molar-refractivity contribution is -0.142. The molecule has 0 spiro atoms. The third kappa shape index (κ3) is 2.87. The lowest BCUT2D eigenvalue weighted by Gasteiger charge is -2.15. The van der Waals surface area contributed by atoms with Gasteiger partial charge in [-0.3, -0.25) is 4.99 Å². The standard InChI is InChI=1S/C15H16FNO2S/c1-19-15(18)13-14(10-4-6-11(16)7-5-10)20-12(17-13)8-9-2-3-9/h4-7,9,13-14H,2-3,8H2,1H3/t13-,14+/m0/s1. The van der Waals surface area contributed by atoms with Gasteiger partial charge in [-0.1, -0.05) is 12.1 Å². The summed E-state index contributed by atoms with van der Waals surface area (Å²) in [5, 5.41) is 0.925. The monoisotopic (exact) mass is 293 g/mol. The molecule has 0 amide bonds. The minimum absolute atomic E-state index is 0.100. The summed E-state index contributed by atoms with van der Waals surface area (Å²) in [5.74, 6) is 0.134. The molecule has 0 radical (unpaired) electrons. The van der Waals surface area contributed by atoms with Crippen molar-refractivity contribution in [3.05, 3.63) is 35.6 Å². The molecule has 5 heteroatoms. The molecular formula is C15H16FNO2S. The first-order valence-electron chi connectivity index (χ1n) is 6.74. The molecule has 106 valence electrons. The number of halogens is 1. The average Bonchev–Trinajstić information content (AvgIpc) is 3.16. The summed E-state index contributed by atoms with van der Waals surface area (Å²) >= 11 is 1.62. The minimum atomic E-state index is -0.510. The fourth-order valence-corrected chi connectivity index (χ4v) is 3.73. The molecule has 1 heterocycles. The molecule has 0 unspecified atom stereocenters. The number of nitrogens with zero attached hydrogens (tertiary/aromatic N) is 1. The number of benzene rings is 1. The van der Waals surface area contributed by atoms with Crippen molar-refractivity contribution in [3.63, 3.8) is 0 Å². The molecule has 3 rings (SSSR count). The van der Waals surface area contributed by atoms with Crippen LogP contribution in [0.15, 0.2) is 29.3 Å². The van der Waals surface area contributed by atoms with E-state index in [1.807, 2.05) is 0 Å². The Bertz CT molecular complexity index is 539. The van der Waals surface area contributed by atoms with Gasteiger partial charge in [-0.25, -0.2) is 9.18 Å². The summed E-state index contributed by atoms with van der Waals surface area (Å²) in [6.07, 6.45) is 3.46. The van der Waals surface area contributed by atoms with Crippen LogP contribution in [-0.2, 0) is 9.53 Å². The van der Waals surface area contributed by atoms with Crippen molar-refractivity contribution in [2.75, 3.05) is 7.11 Å². The Hall–Kier alpha value is -1.36. The number of esters is 1. The van der Waals surface area contributed by atoms with Crippen LogP contribution >= 0.6 is 11.8 Å². The van der Waals surface area contributed by atoms with E-state index in [-0.39, 0.29) is 17.0 Å². The molecule has 0 aromatic heterocycles. The number of aliphatic imine (C=N–C) groups is 1. The number of ether oxygens (including phenoxy) is 1. The first kappa shape index (κ1) is 13.6. The van der Waals surface area contributed by atoms with Crippen LogP contribution in [-0.4, -0.2) is 24.2 Å². The van der Waals surface area contributed by atoms with Gasteiger partial charge in [0, 0.05) is 0 Å². The van der Waals surface area contributed by atoms with Crippen LogP contribution in [0.25, 0.3) is 0 Å². The molecule has 0 N–H and O–H groups in total. The van der Waals surface area contributed by atoms with E-state index in [1.165, 1.54) is 32.1 Å². The molecular weight excluding hydrogens is 277 g/mol. The van der Waals surface area contributed by atoms with Gasteiger partial charge in [0.2, 0.25) is 0 Å². The van der Waals surface area contributed by atoms with Crippen LogP contribution in [0.4, 0.5) is 4.39 Å². The molecule has 0 saturated heterocycles. The van der Waals surface area contributed by atoms with Crippen LogP contribution in [0.2, 0.25) is 0 Å². The lowest BCUT2D eigenvalue weighted by atomic mass is 10.1. The van der Waals surface area contributed by atoms with E-state index >= 15 is 0 Å². The summed E-state index contributed by atoms with van der Waals surface area (Å²) in [4.78, 5) is 16.4. The van der Waals surface area contributed by atoms with Gasteiger partial charge < -0.3 is 4.74 Å². The highest BCUT2D eigenvalue weighted by molar-refractivity contribution is 8.14. The Labute approximate surface area is 121 Å². The Kier molecular flexibility index (Phi) is 3.78. The Balaban J connectivity index is 1.81. The largest absolute Gasteiger partial charge is 0.467 e. The van der Waals surface area contributed by atoms with Crippen molar-refractivity contribution in [1.82, 2.24) is 0 Å². The number of hydrogen-bond donors (Lipinski definition) is 0. The summed E-state index contributed by atoms with van der Waals surface area (Å²) in [6, 6.07) is 5.77. The van der Waals surface area contributed by atoms with E-state index in [0.29, 0.717) is 0 Å². The summed E-state index contributed by atoms with van der Waals surface area (Å²) in [6.45, 7) is 0. The zero-order valence-electron chi connectivity index (χ0n) is 11.2. The Morgan fingerprint density at radius 3 is 2.70 bits per heavy atom. The van der Waals surface area contributed by atoms with E-state index < -0.39 is 6.04 Å². The molecule has 1 aromatic rings. The van der Waals surface area contributed by atoms with Crippen molar-refractivity contribution >= 4 is 22.8 Å². The lowest BCUT2D eigenvalue weighted by Crippen LogP contribution is -2.23. The van der Waals surface area contributed by atoms with Gasteiger partial charge in [0.25, 0.3) is 0 Å². The first-order chi connectivity index (χ1) is 9.67. The van der Waals surface area contributed by atoms with Crippen LogP contribution in [0.3, 0.4) is 0 Å². The van der Waals surface area contributed by atoms with Gasteiger partial charge in [0.05, 0.1) is 17.4 Å². The molecule has 1 saturated carbocycles. The maximum absolute atomic E-state index is 13.0. The molecule has 20 heavy (non-hydrogen) atoms. The number of thioether (sulfide) groups is 1. The Morgan fingerprint density at radius 1 is 1.40 bits per heavy atom. The van der Waals surface area contributed by atoms with Crippen molar-refractivity contribution < 1.29 is 13.9 Å². The first-order valence-corrected chi connectivity index (χ1v) is 7.62. The highest BCUT2D eigenvalue weighted by Gasteiger charge is 2.38. The number of carbonyl (C=O) groups is 1. The van der Waals surface area contributed by atoms with Gasteiger partial charge in [-0.15, -0.1) is 11.8 Å². The number of methoxy groups -OCH3 is 1. The Morgan fingerprint density at radius 2 is 2.10 bits per heavy atom. The van der Waals surface area contributed by atoms with Gasteiger partial charge in [-0.05, 0) is 42.9 Å². The van der Waals surface area contributed by atoms with E-state index in [0.717, 1.165) is 22.9 Å². The molecule has 2 aliphatic rings. The number of rotatable bonds is 4. The molecule has 2 atom stereocenters. The van der Waals surface area contributed by atoms with Crippen LogP contribution in [0.5, 0.6) is 0 Å². The second-order valence-corrected chi connectivity index (χ2v) is 6.44. The van der Waals surface area contributed by atoms with Crippen LogP contribution in [0, 0.1) is 11.7 Å². The topological polar surface area (TPSA) is 38.7 Å². The van der Waals surface area contributed by atoms with Gasteiger partial charge >= 0.3 is 5.97 Å². The van der Waals surface area contributed by atoms with E-state index in [1.54, 1.807) is 23.9 Å². The average molecular weight is 293 g/mol. The highest BCUT2D eigenvalue weighted by atomic mass is 32.2. The normalized spacial score (nSPS) is 25.4. The molecule has 1 aliphatic heterocycles. The van der Waals surface area contributed by atoms with Gasteiger partial charge in [-0.2, -0.15) is 0 Å².